The van der Waals surface area contributed by atoms with Crippen LogP contribution in [0.15, 0.2) is 54.6 Å². The highest BCUT2D eigenvalue weighted by Gasteiger charge is 2.32. The van der Waals surface area contributed by atoms with Gasteiger partial charge in [0.15, 0.2) is 0 Å². The first-order chi connectivity index (χ1) is 12.8. The topological polar surface area (TPSA) is 35.5 Å². The summed E-state index contributed by atoms with van der Waals surface area (Å²) in [6, 6.07) is 18.3. The molecule has 3 heteroatoms. The minimum Gasteiger partial charge on any atom is -0.497 e. The lowest BCUT2D eigenvalue weighted by atomic mass is 9.76. The third-order valence-corrected chi connectivity index (χ3v) is 5.32. The molecule has 26 heavy (non-hydrogen) atoms. The van der Waals surface area contributed by atoms with Gasteiger partial charge in [-0.05, 0) is 48.4 Å². The monoisotopic (exact) mass is 352 g/mol. The van der Waals surface area contributed by atoms with Crippen LogP contribution in [0, 0.1) is 11.8 Å². The number of rotatable bonds is 7. The molecular weight excluding hydrogens is 324 g/mol. The van der Waals surface area contributed by atoms with Crippen LogP contribution in [0.2, 0.25) is 0 Å². The number of benzene rings is 2. The number of carbonyl (C=O) groups is 1. The zero-order valence-corrected chi connectivity index (χ0v) is 15.5. The summed E-state index contributed by atoms with van der Waals surface area (Å²) in [5.41, 5.74) is 2.44. The van der Waals surface area contributed by atoms with Gasteiger partial charge in [-0.25, -0.2) is 0 Å². The molecule has 0 bridgehead atoms. The fraction of sp³-hybridized carbons (Fsp3) is 0.435. The zero-order valence-electron chi connectivity index (χ0n) is 15.5. The molecule has 3 rings (SSSR count). The average Bonchev–Trinajstić information content (AvgIpc) is 2.69. The minimum atomic E-state index is -0.0199. The van der Waals surface area contributed by atoms with Crippen molar-refractivity contribution in [3.8, 4) is 5.75 Å². The van der Waals surface area contributed by atoms with Gasteiger partial charge in [0.25, 0.3) is 0 Å². The van der Waals surface area contributed by atoms with Gasteiger partial charge >= 0.3 is 5.97 Å². The summed E-state index contributed by atoms with van der Waals surface area (Å²) in [7, 11) is 1.69. The largest absolute Gasteiger partial charge is 0.497 e. The second-order valence-corrected chi connectivity index (χ2v) is 7.11. The van der Waals surface area contributed by atoms with Crippen molar-refractivity contribution in [2.75, 3.05) is 13.7 Å². The van der Waals surface area contributed by atoms with Gasteiger partial charge in [0.05, 0.1) is 19.6 Å². The first-order valence-corrected chi connectivity index (χ1v) is 9.60. The number of carbonyl (C=O) groups excluding carboxylic acids is 1. The van der Waals surface area contributed by atoms with E-state index in [0.29, 0.717) is 12.5 Å². The van der Waals surface area contributed by atoms with Crippen molar-refractivity contribution in [2.24, 2.45) is 11.8 Å². The molecule has 0 aliphatic heterocycles. The second-order valence-electron chi connectivity index (χ2n) is 7.11. The van der Waals surface area contributed by atoms with Crippen molar-refractivity contribution in [2.45, 2.75) is 38.5 Å². The maximum absolute atomic E-state index is 12.7. The van der Waals surface area contributed by atoms with Gasteiger partial charge < -0.3 is 9.47 Å². The highest BCUT2D eigenvalue weighted by atomic mass is 16.5. The zero-order chi connectivity index (χ0) is 18.2. The standard InChI is InChI=1S/C23H28O3/c1-25-21-12-7-10-19(17-21)16-20-11-5-6-13-22(20)23(24)26-15-14-18-8-3-2-4-9-18/h2-4,7-10,12,17,20,22H,5-6,11,13-16H2,1H3. The predicted octanol–water partition coefficient (Wildman–Crippen LogP) is 4.83. The quantitative estimate of drug-likeness (QED) is 0.670. The summed E-state index contributed by atoms with van der Waals surface area (Å²) >= 11 is 0. The average molecular weight is 352 g/mol. The Hall–Kier alpha value is -2.29. The molecular formula is C23H28O3. The molecule has 138 valence electrons. The normalized spacial score (nSPS) is 19.7. The van der Waals surface area contributed by atoms with E-state index in [1.807, 2.05) is 30.3 Å². The summed E-state index contributed by atoms with van der Waals surface area (Å²) in [5, 5.41) is 0. The van der Waals surface area contributed by atoms with Crippen LogP contribution in [-0.4, -0.2) is 19.7 Å². The SMILES string of the molecule is COc1cccc(CC2CCCCC2C(=O)OCCc2ccccc2)c1. The fourth-order valence-corrected chi connectivity index (χ4v) is 3.89. The maximum atomic E-state index is 12.7. The van der Waals surface area contributed by atoms with E-state index in [1.54, 1.807) is 7.11 Å². The molecule has 0 heterocycles. The number of methoxy groups -OCH3 is 1. The van der Waals surface area contributed by atoms with Crippen LogP contribution in [0.4, 0.5) is 0 Å². The third kappa shape index (κ3) is 5.10. The lowest BCUT2D eigenvalue weighted by Gasteiger charge is -2.30. The van der Waals surface area contributed by atoms with Crippen molar-refractivity contribution < 1.29 is 14.3 Å². The van der Waals surface area contributed by atoms with E-state index in [-0.39, 0.29) is 11.9 Å². The highest BCUT2D eigenvalue weighted by Crippen LogP contribution is 2.34. The smallest absolute Gasteiger partial charge is 0.309 e. The van der Waals surface area contributed by atoms with Crippen molar-refractivity contribution in [3.05, 3.63) is 65.7 Å². The molecule has 1 saturated carbocycles. The number of ether oxygens (including phenoxy) is 2. The number of hydrogen-bond donors (Lipinski definition) is 0. The van der Waals surface area contributed by atoms with Gasteiger partial charge in [0.2, 0.25) is 0 Å². The Morgan fingerprint density at radius 3 is 2.58 bits per heavy atom. The predicted molar refractivity (Wildman–Crippen MR) is 103 cm³/mol. The lowest BCUT2D eigenvalue weighted by molar-refractivity contribution is -0.151. The molecule has 1 fully saturated rings. The van der Waals surface area contributed by atoms with Crippen molar-refractivity contribution in [1.29, 1.82) is 0 Å². The first-order valence-electron chi connectivity index (χ1n) is 9.60. The minimum absolute atomic E-state index is 0.0192. The van der Waals surface area contributed by atoms with Crippen LogP contribution in [0.1, 0.15) is 36.8 Å². The molecule has 0 spiro atoms. The van der Waals surface area contributed by atoms with E-state index in [4.69, 9.17) is 9.47 Å². The van der Waals surface area contributed by atoms with E-state index in [2.05, 4.69) is 24.3 Å². The number of hydrogen-bond acceptors (Lipinski definition) is 3. The molecule has 0 radical (unpaired) electrons. The summed E-state index contributed by atoms with van der Waals surface area (Å²) in [5.74, 6) is 1.24. The Balaban J connectivity index is 1.56. The Kier molecular flexibility index (Phi) is 6.70. The van der Waals surface area contributed by atoms with Gasteiger partial charge in [0.1, 0.15) is 5.75 Å². The molecule has 0 aromatic heterocycles. The first kappa shape index (κ1) is 18.5. The fourth-order valence-electron chi connectivity index (χ4n) is 3.89. The van der Waals surface area contributed by atoms with E-state index >= 15 is 0 Å². The lowest BCUT2D eigenvalue weighted by Crippen LogP contribution is -2.30. The second kappa shape index (κ2) is 9.42. The van der Waals surface area contributed by atoms with Gasteiger partial charge in [-0.15, -0.1) is 0 Å². The molecule has 2 aromatic rings. The maximum Gasteiger partial charge on any atom is 0.309 e. The molecule has 2 unspecified atom stereocenters. The van der Waals surface area contributed by atoms with Gasteiger partial charge in [-0.3, -0.25) is 4.79 Å². The Morgan fingerprint density at radius 1 is 1.00 bits per heavy atom. The van der Waals surface area contributed by atoms with E-state index in [1.165, 1.54) is 17.5 Å². The van der Waals surface area contributed by atoms with E-state index in [0.717, 1.165) is 37.9 Å². The Labute approximate surface area is 156 Å². The van der Waals surface area contributed by atoms with Crippen LogP contribution in [0.25, 0.3) is 0 Å². The molecule has 0 N–H and O–H groups in total. The van der Waals surface area contributed by atoms with Crippen LogP contribution < -0.4 is 4.74 Å². The van der Waals surface area contributed by atoms with Crippen molar-refractivity contribution >= 4 is 5.97 Å². The van der Waals surface area contributed by atoms with E-state index < -0.39 is 0 Å². The third-order valence-electron chi connectivity index (χ3n) is 5.32. The summed E-state index contributed by atoms with van der Waals surface area (Å²) in [4.78, 5) is 12.7. The molecule has 2 atom stereocenters. The Bertz CT molecular complexity index is 696. The van der Waals surface area contributed by atoms with Crippen LogP contribution in [-0.2, 0) is 22.4 Å². The van der Waals surface area contributed by atoms with Gasteiger partial charge in [0, 0.05) is 6.42 Å². The highest BCUT2D eigenvalue weighted by molar-refractivity contribution is 5.73. The Morgan fingerprint density at radius 2 is 1.77 bits per heavy atom. The van der Waals surface area contributed by atoms with Crippen LogP contribution >= 0.6 is 0 Å². The van der Waals surface area contributed by atoms with Gasteiger partial charge in [-0.1, -0.05) is 55.3 Å². The summed E-state index contributed by atoms with van der Waals surface area (Å²) < 4.78 is 11.0. The van der Waals surface area contributed by atoms with Crippen LogP contribution in [0.3, 0.4) is 0 Å². The summed E-state index contributed by atoms with van der Waals surface area (Å²) in [6.45, 7) is 0.464. The molecule has 3 nitrogen and oxygen atoms in total. The molecule has 0 amide bonds. The van der Waals surface area contributed by atoms with Crippen molar-refractivity contribution in [1.82, 2.24) is 0 Å². The molecule has 1 aliphatic rings. The molecule has 1 aliphatic carbocycles. The number of esters is 1. The molecule has 0 saturated heterocycles. The van der Waals surface area contributed by atoms with Crippen LogP contribution in [0.5, 0.6) is 5.75 Å². The summed E-state index contributed by atoms with van der Waals surface area (Å²) in [6.07, 6.45) is 6.04. The van der Waals surface area contributed by atoms with Crippen molar-refractivity contribution in [3.63, 3.8) is 0 Å². The van der Waals surface area contributed by atoms with Gasteiger partial charge in [-0.2, -0.15) is 0 Å². The molecule has 2 aromatic carbocycles. The van der Waals surface area contributed by atoms with E-state index in [9.17, 15) is 4.79 Å².